The molecule has 0 bridgehead atoms. The summed E-state index contributed by atoms with van der Waals surface area (Å²) in [6.07, 6.45) is 1.04. The summed E-state index contributed by atoms with van der Waals surface area (Å²) in [5, 5.41) is 0. The third-order valence-electron chi connectivity index (χ3n) is 4.66. The molecule has 0 aliphatic carbocycles. The molecule has 0 N–H and O–H groups in total. The Morgan fingerprint density at radius 2 is 1.39 bits per heavy atom. The molecule has 3 nitrogen and oxygen atoms in total. The van der Waals surface area contributed by atoms with Crippen LogP contribution in [0.15, 0.2) is 53.4 Å². The van der Waals surface area contributed by atoms with E-state index >= 15 is 0 Å². The SMILES string of the molecule is CC(C)(C)c1ccc(C2=Cc3ccccc3S2(OS(=O)(=O)C(F)(F)F)C(F)(F)F)cc1. The summed E-state index contributed by atoms with van der Waals surface area (Å²) in [5.74, 6) is 0. The summed E-state index contributed by atoms with van der Waals surface area (Å²) in [4.78, 5) is -1.31. The first-order chi connectivity index (χ1) is 14.0. The van der Waals surface area contributed by atoms with Crippen LogP contribution in [0.25, 0.3) is 11.0 Å². The highest BCUT2D eigenvalue weighted by atomic mass is 32.3. The third-order valence-corrected chi connectivity index (χ3v) is 9.38. The van der Waals surface area contributed by atoms with E-state index in [0.717, 1.165) is 17.7 Å². The average Bonchev–Trinajstić information content (AvgIpc) is 2.95. The second-order valence-corrected chi connectivity index (χ2v) is 12.2. The number of hydrogen-bond donors (Lipinski definition) is 0. The van der Waals surface area contributed by atoms with Crippen molar-refractivity contribution in [3.63, 3.8) is 0 Å². The van der Waals surface area contributed by atoms with E-state index < -0.39 is 41.2 Å². The summed E-state index contributed by atoms with van der Waals surface area (Å²) in [7, 11) is -11.6. The van der Waals surface area contributed by atoms with Gasteiger partial charge < -0.3 is 0 Å². The Labute approximate surface area is 177 Å². The van der Waals surface area contributed by atoms with Crippen molar-refractivity contribution in [1.82, 2.24) is 0 Å². The van der Waals surface area contributed by atoms with Crippen LogP contribution in [0, 0.1) is 0 Å². The van der Waals surface area contributed by atoms with Crippen molar-refractivity contribution in [2.75, 3.05) is 0 Å². The van der Waals surface area contributed by atoms with Gasteiger partial charge in [0.2, 0.25) is 0 Å². The summed E-state index contributed by atoms with van der Waals surface area (Å²) in [6.45, 7) is 5.66. The van der Waals surface area contributed by atoms with Crippen LogP contribution in [0.4, 0.5) is 26.3 Å². The number of fused-ring (bicyclic) bond motifs is 1. The van der Waals surface area contributed by atoms with Crippen molar-refractivity contribution in [2.45, 2.75) is 42.1 Å². The topological polar surface area (TPSA) is 43.4 Å². The van der Waals surface area contributed by atoms with Gasteiger partial charge in [-0.05, 0) is 34.2 Å². The lowest BCUT2D eigenvalue weighted by atomic mass is 9.86. The van der Waals surface area contributed by atoms with Crippen molar-refractivity contribution in [3.8, 4) is 0 Å². The number of benzene rings is 2. The Bertz CT molecular complexity index is 1130. The zero-order chi connectivity index (χ0) is 23.5. The van der Waals surface area contributed by atoms with Crippen LogP contribution >= 0.6 is 10.3 Å². The van der Waals surface area contributed by atoms with E-state index in [0.29, 0.717) is 0 Å². The zero-order valence-corrected chi connectivity index (χ0v) is 18.1. The number of hydrogen-bond acceptors (Lipinski definition) is 3. The monoisotopic (exact) mass is 484 g/mol. The zero-order valence-electron chi connectivity index (χ0n) is 16.5. The van der Waals surface area contributed by atoms with Gasteiger partial charge in [0.05, 0.1) is 0 Å². The molecule has 0 fully saturated rings. The van der Waals surface area contributed by atoms with E-state index in [1.54, 1.807) is 12.1 Å². The van der Waals surface area contributed by atoms with E-state index in [9.17, 15) is 34.8 Å². The van der Waals surface area contributed by atoms with E-state index in [-0.39, 0.29) is 16.5 Å². The Morgan fingerprint density at radius 1 is 0.839 bits per heavy atom. The minimum absolute atomic E-state index is 0.0536. The van der Waals surface area contributed by atoms with E-state index in [1.165, 1.54) is 30.3 Å². The normalized spacial score (nSPS) is 21.9. The predicted molar refractivity (Wildman–Crippen MR) is 107 cm³/mol. The minimum atomic E-state index is -6.56. The van der Waals surface area contributed by atoms with Crippen LogP contribution in [0.2, 0.25) is 0 Å². The van der Waals surface area contributed by atoms with Crippen molar-refractivity contribution in [2.24, 2.45) is 0 Å². The Morgan fingerprint density at radius 3 is 1.87 bits per heavy atom. The molecule has 1 aliphatic rings. The molecule has 11 heteroatoms. The van der Waals surface area contributed by atoms with Gasteiger partial charge in [-0.15, -0.1) is 0 Å². The molecular weight excluding hydrogens is 466 g/mol. The van der Waals surface area contributed by atoms with Crippen LogP contribution in [0.3, 0.4) is 0 Å². The molecule has 0 radical (unpaired) electrons. The largest absolute Gasteiger partial charge is 0.523 e. The summed E-state index contributed by atoms with van der Waals surface area (Å²) < 4.78 is 110. The first-order valence-electron chi connectivity index (χ1n) is 8.84. The highest BCUT2D eigenvalue weighted by Gasteiger charge is 2.64. The Kier molecular flexibility index (Phi) is 5.56. The lowest BCUT2D eigenvalue weighted by Crippen LogP contribution is -2.32. The van der Waals surface area contributed by atoms with Crippen molar-refractivity contribution < 1.29 is 38.4 Å². The summed E-state index contributed by atoms with van der Waals surface area (Å²) in [5.41, 5.74) is -11.1. The molecule has 0 aromatic heterocycles. The highest BCUT2D eigenvalue weighted by molar-refractivity contribution is 8.41. The van der Waals surface area contributed by atoms with Gasteiger partial charge in [-0.2, -0.15) is 38.4 Å². The van der Waals surface area contributed by atoms with Crippen LogP contribution in [-0.4, -0.2) is 19.4 Å². The van der Waals surface area contributed by atoms with Gasteiger partial charge in [-0.1, -0.05) is 63.2 Å². The maximum Gasteiger partial charge on any atom is 0.523 e. The number of halogens is 6. The quantitative estimate of drug-likeness (QED) is 0.349. The molecule has 0 saturated carbocycles. The first kappa shape index (κ1) is 23.7. The summed E-state index contributed by atoms with van der Waals surface area (Å²) >= 11 is 0. The Balaban J connectivity index is 2.29. The molecule has 0 amide bonds. The lowest BCUT2D eigenvalue weighted by Gasteiger charge is -2.39. The van der Waals surface area contributed by atoms with Gasteiger partial charge >= 0.3 is 21.1 Å². The standard InChI is InChI=1S/C20H18F6O3S2/c1-18(2,3)15-10-8-13(9-11-15)17-12-14-6-4-5-7-16(14)30(17,19(21,22)23)29-31(27,28)20(24,25)26/h4-12H,1-3H3. The van der Waals surface area contributed by atoms with Crippen molar-refractivity contribution in [1.29, 1.82) is 0 Å². The summed E-state index contributed by atoms with van der Waals surface area (Å²) in [6, 6.07) is 10.6. The molecule has 0 saturated heterocycles. The van der Waals surface area contributed by atoms with Gasteiger partial charge in [0.1, 0.15) is 0 Å². The van der Waals surface area contributed by atoms with Crippen LogP contribution in [0.1, 0.15) is 37.5 Å². The first-order valence-corrected chi connectivity index (χ1v) is 11.8. The molecule has 1 atom stereocenters. The number of rotatable bonds is 3. The van der Waals surface area contributed by atoms with E-state index in [4.69, 9.17) is 0 Å². The smallest absolute Gasteiger partial charge is 0.196 e. The molecular formula is C20H18F6O3S2. The maximum atomic E-state index is 14.5. The van der Waals surface area contributed by atoms with Crippen LogP contribution < -0.4 is 0 Å². The second kappa shape index (κ2) is 7.28. The molecule has 1 aliphatic heterocycles. The van der Waals surface area contributed by atoms with Crippen molar-refractivity contribution >= 4 is 31.4 Å². The van der Waals surface area contributed by atoms with Gasteiger partial charge in [0, 0.05) is 20.1 Å². The van der Waals surface area contributed by atoms with Gasteiger partial charge in [0.15, 0.2) is 0 Å². The molecule has 2 aromatic carbocycles. The van der Waals surface area contributed by atoms with Crippen molar-refractivity contribution in [3.05, 3.63) is 65.2 Å². The van der Waals surface area contributed by atoms with Gasteiger partial charge in [-0.25, -0.2) is 0 Å². The number of alkyl halides is 6. The molecule has 0 spiro atoms. The van der Waals surface area contributed by atoms with E-state index in [2.05, 4.69) is 3.63 Å². The molecule has 170 valence electrons. The van der Waals surface area contributed by atoms with Gasteiger partial charge in [0.25, 0.3) is 0 Å². The molecule has 3 rings (SSSR count). The average molecular weight is 484 g/mol. The fourth-order valence-electron chi connectivity index (χ4n) is 3.12. The Hall–Kier alpha value is -1.98. The second-order valence-electron chi connectivity index (χ2n) is 7.84. The lowest BCUT2D eigenvalue weighted by molar-refractivity contribution is -0.0543. The minimum Gasteiger partial charge on any atom is -0.196 e. The van der Waals surface area contributed by atoms with Gasteiger partial charge in [-0.3, -0.25) is 0 Å². The fraction of sp³-hybridized carbons (Fsp3) is 0.300. The van der Waals surface area contributed by atoms with Crippen LogP contribution in [-0.2, 0) is 19.2 Å². The van der Waals surface area contributed by atoms with E-state index in [1.807, 2.05) is 20.8 Å². The fourth-order valence-corrected chi connectivity index (χ4v) is 7.63. The molecule has 2 aromatic rings. The van der Waals surface area contributed by atoms with Crippen LogP contribution in [0.5, 0.6) is 0 Å². The predicted octanol–water partition coefficient (Wildman–Crippen LogP) is 6.96. The maximum absolute atomic E-state index is 14.5. The molecule has 1 heterocycles. The molecule has 31 heavy (non-hydrogen) atoms. The highest BCUT2D eigenvalue weighted by Crippen LogP contribution is 2.80. The third kappa shape index (κ3) is 3.98. The molecule has 1 unspecified atom stereocenters.